The maximum Gasteiger partial charge on any atom is 0.362 e. The van der Waals surface area contributed by atoms with Crippen LogP contribution in [0.15, 0.2) is 24.3 Å². The number of rotatable bonds is 4. The van der Waals surface area contributed by atoms with Crippen molar-refractivity contribution in [2.75, 3.05) is 6.35 Å². The van der Waals surface area contributed by atoms with Crippen LogP contribution < -0.4 is 4.74 Å². The largest absolute Gasteiger partial charge is 0.481 e. The lowest BCUT2D eigenvalue weighted by Crippen LogP contribution is -2.01. The average molecular weight is 230 g/mol. The molecule has 0 aliphatic carbocycles. The SMILES string of the molecule is CC(C)c1ccccc1OCP(=O)(O)O. The Hall–Kier alpha value is -0.830. The lowest BCUT2D eigenvalue weighted by molar-refractivity contribution is 0.298. The van der Waals surface area contributed by atoms with E-state index in [4.69, 9.17) is 14.5 Å². The Morgan fingerprint density at radius 3 is 2.47 bits per heavy atom. The molecular formula is C10H15O4P. The molecule has 0 atom stereocenters. The van der Waals surface area contributed by atoms with Crippen LogP contribution in [-0.4, -0.2) is 16.1 Å². The fraction of sp³-hybridized carbons (Fsp3) is 0.400. The first-order chi connectivity index (χ1) is 6.90. The fourth-order valence-corrected chi connectivity index (χ4v) is 1.55. The van der Waals surface area contributed by atoms with Crippen LogP contribution in [0, 0.1) is 0 Å². The highest BCUT2D eigenvalue weighted by Gasteiger charge is 2.15. The van der Waals surface area contributed by atoms with Crippen LogP contribution >= 0.6 is 7.60 Å². The summed E-state index contributed by atoms with van der Waals surface area (Å²) in [6.45, 7) is 4.00. The lowest BCUT2D eigenvalue weighted by atomic mass is 10.0. The summed E-state index contributed by atoms with van der Waals surface area (Å²) in [7, 11) is -4.10. The smallest absolute Gasteiger partial charge is 0.362 e. The van der Waals surface area contributed by atoms with Crippen molar-refractivity contribution < 1.29 is 19.1 Å². The molecule has 0 unspecified atom stereocenters. The molecule has 2 N–H and O–H groups in total. The van der Waals surface area contributed by atoms with Gasteiger partial charge in [-0.1, -0.05) is 32.0 Å². The summed E-state index contributed by atoms with van der Waals surface area (Å²) in [5, 5.41) is 0. The normalized spacial score (nSPS) is 11.8. The number of benzene rings is 1. The quantitative estimate of drug-likeness (QED) is 0.779. The minimum absolute atomic E-state index is 0.262. The highest BCUT2D eigenvalue weighted by Crippen LogP contribution is 2.36. The average Bonchev–Trinajstić information content (AvgIpc) is 2.14. The highest BCUT2D eigenvalue weighted by molar-refractivity contribution is 7.51. The molecule has 1 aromatic rings. The van der Waals surface area contributed by atoms with Crippen LogP contribution in [0.2, 0.25) is 0 Å². The number of ether oxygens (including phenoxy) is 1. The lowest BCUT2D eigenvalue weighted by Gasteiger charge is -2.13. The maximum atomic E-state index is 10.7. The molecule has 1 aromatic carbocycles. The van der Waals surface area contributed by atoms with Crippen LogP contribution in [0.25, 0.3) is 0 Å². The Balaban J connectivity index is 2.81. The maximum absolute atomic E-state index is 10.7. The van der Waals surface area contributed by atoms with Crippen molar-refractivity contribution in [2.24, 2.45) is 0 Å². The van der Waals surface area contributed by atoms with E-state index < -0.39 is 13.9 Å². The molecule has 5 heteroatoms. The monoisotopic (exact) mass is 230 g/mol. The molecular weight excluding hydrogens is 215 g/mol. The summed E-state index contributed by atoms with van der Waals surface area (Å²) in [6, 6.07) is 7.26. The molecule has 0 saturated carbocycles. The van der Waals surface area contributed by atoms with Gasteiger partial charge in [-0.05, 0) is 17.5 Å². The molecule has 0 saturated heterocycles. The first-order valence-electron chi connectivity index (χ1n) is 4.66. The van der Waals surface area contributed by atoms with E-state index in [0.29, 0.717) is 5.75 Å². The van der Waals surface area contributed by atoms with Gasteiger partial charge >= 0.3 is 7.60 Å². The molecule has 0 aliphatic heterocycles. The van der Waals surface area contributed by atoms with E-state index in [0.717, 1.165) is 5.56 Å². The van der Waals surface area contributed by atoms with E-state index in [1.54, 1.807) is 12.1 Å². The molecule has 0 fully saturated rings. The summed E-state index contributed by atoms with van der Waals surface area (Å²) >= 11 is 0. The van der Waals surface area contributed by atoms with E-state index in [1.807, 2.05) is 26.0 Å². The third kappa shape index (κ3) is 4.04. The molecule has 1 rings (SSSR count). The molecule has 15 heavy (non-hydrogen) atoms. The molecule has 84 valence electrons. The minimum atomic E-state index is -4.10. The zero-order valence-electron chi connectivity index (χ0n) is 8.75. The predicted octanol–water partition coefficient (Wildman–Crippen LogP) is 2.32. The Bertz CT molecular complexity index is 369. The standard InChI is InChI=1S/C10H15O4P/c1-8(2)9-5-3-4-6-10(9)14-7-15(11,12)13/h3-6,8H,7H2,1-2H3,(H2,11,12,13). The van der Waals surface area contributed by atoms with Gasteiger partial charge in [0.25, 0.3) is 0 Å². The van der Waals surface area contributed by atoms with E-state index in [2.05, 4.69) is 0 Å². The summed E-state index contributed by atoms with van der Waals surface area (Å²) in [6.07, 6.45) is -0.573. The second-order valence-corrected chi connectivity index (χ2v) is 5.22. The number of hydrogen-bond acceptors (Lipinski definition) is 2. The number of para-hydroxylation sites is 1. The van der Waals surface area contributed by atoms with Crippen molar-refractivity contribution in [3.8, 4) is 5.75 Å². The Morgan fingerprint density at radius 1 is 1.33 bits per heavy atom. The third-order valence-electron chi connectivity index (χ3n) is 1.93. The van der Waals surface area contributed by atoms with Crippen LogP contribution in [0.5, 0.6) is 5.75 Å². The van der Waals surface area contributed by atoms with Gasteiger partial charge in [-0.3, -0.25) is 4.57 Å². The van der Waals surface area contributed by atoms with E-state index in [9.17, 15) is 4.57 Å². The van der Waals surface area contributed by atoms with Crippen LogP contribution in [0.1, 0.15) is 25.3 Å². The minimum Gasteiger partial charge on any atom is -0.481 e. The molecule has 4 nitrogen and oxygen atoms in total. The molecule has 0 heterocycles. The van der Waals surface area contributed by atoms with Crippen LogP contribution in [-0.2, 0) is 4.57 Å². The van der Waals surface area contributed by atoms with Gasteiger partial charge in [0.1, 0.15) is 5.75 Å². The zero-order valence-corrected chi connectivity index (χ0v) is 9.65. The summed E-state index contributed by atoms with van der Waals surface area (Å²) < 4.78 is 15.8. The van der Waals surface area contributed by atoms with E-state index in [1.165, 1.54) is 0 Å². The molecule has 0 bridgehead atoms. The van der Waals surface area contributed by atoms with Gasteiger partial charge in [-0.2, -0.15) is 0 Å². The van der Waals surface area contributed by atoms with E-state index in [-0.39, 0.29) is 5.92 Å². The topological polar surface area (TPSA) is 66.8 Å². The Labute approximate surface area is 89.1 Å². The first-order valence-corrected chi connectivity index (χ1v) is 6.46. The van der Waals surface area contributed by atoms with Gasteiger partial charge in [-0.25, -0.2) is 0 Å². The molecule has 0 aromatic heterocycles. The van der Waals surface area contributed by atoms with Crippen molar-refractivity contribution >= 4 is 7.60 Å². The molecule has 0 radical (unpaired) electrons. The fourth-order valence-electron chi connectivity index (χ4n) is 1.24. The molecule has 0 amide bonds. The van der Waals surface area contributed by atoms with Crippen molar-refractivity contribution in [1.29, 1.82) is 0 Å². The van der Waals surface area contributed by atoms with Crippen molar-refractivity contribution in [3.63, 3.8) is 0 Å². The van der Waals surface area contributed by atoms with Gasteiger partial charge < -0.3 is 14.5 Å². The van der Waals surface area contributed by atoms with Crippen molar-refractivity contribution in [2.45, 2.75) is 19.8 Å². The first kappa shape index (κ1) is 12.2. The predicted molar refractivity (Wildman–Crippen MR) is 58.1 cm³/mol. The Kier molecular flexibility index (Phi) is 3.91. The second kappa shape index (κ2) is 4.79. The van der Waals surface area contributed by atoms with Crippen molar-refractivity contribution in [3.05, 3.63) is 29.8 Å². The highest BCUT2D eigenvalue weighted by atomic mass is 31.2. The zero-order chi connectivity index (χ0) is 11.5. The molecule has 0 spiro atoms. The summed E-state index contributed by atoms with van der Waals surface area (Å²) in [5.74, 6) is 0.800. The van der Waals surface area contributed by atoms with Gasteiger partial charge in [-0.15, -0.1) is 0 Å². The van der Waals surface area contributed by atoms with E-state index >= 15 is 0 Å². The second-order valence-electron chi connectivity index (χ2n) is 3.63. The number of hydrogen-bond donors (Lipinski definition) is 2. The van der Waals surface area contributed by atoms with Gasteiger partial charge in [0, 0.05) is 0 Å². The summed E-state index contributed by atoms with van der Waals surface area (Å²) in [4.78, 5) is 17.4. The summed E-state index contributed by atoms with van der Waals surface area (Å²) in [5.41, 5.74) is 0.950. The van der Waals surface area contributed by atoms with Gasteiger partial charge in [0.15, 0.2) is 6.35 Å². The van der Waals surface area contributed by atoms with Gasteiger partial charge in [0.05, 0.1) is 0 Å². The third-order valence-corrected chi connectivity index (χ3v) is 2.39. The van der Waals surface area contributed by atoms with Crippen LogP contribution in [0.4, 0.5) is 0 Å². The van der Waals surface area contributed by atoms with Crippen molar-refractivity contribution in [1.82, 2.24) is 0 Å². The molecule has 0 aliphatic rings. The van der Waals surface area contributed by atoms with Gasteiger partial charge in [0.2, 0.25) is 0 Å². The van der Waals surface area contributed by atoms with Crippen LogP contribution in [0.3, 0.4) is 0 Å². The Morgan fingerprint density at radius 2 is 1.93 bits per heavy atom.